The van der Waals surface area contributed by atoms with Gasteiger partial charge in [0.05, 0.1) is 5.69 Å². The summed E-state index contributed by atoms with van der Waals surface area (Å²) in [6.45, 7) is 4.44. The second-order valence-corrected chi connectivity index (χ2v) is 14.1. The van der Waals surface area contributed by atoms with Crippen LogP contribution in [0, 0.1) is 0 Å². The lowest BCUT2D eigenvalue weighted by atomic mass is 9.98. The number of imide groups is 1. The maximum atomic E-state index is 14.0. The molecule has 0 radical (unpaired) electrons. The molecule has 0 saturated carbocycles. The summed E-state index contributed by atoms with van der Waals surface area (Å²) in [6, 6.07) is 11.0. The normalized spacial score (nSPS) is 18.9. The number of benzene rings is 2. The summed E-state index contributed by atoms with van der Waals surface area (Å²) in [5.74, 6) is -0.549. The standard InChI is InChI=1S/C33H43Br2N7O4/c34-26-19-22(20-27(35)29(26)36)21-28(31(44)41-17-11-25(12-18-41)40-13-5-2-6-14-40)38-33(46)42-15-9-24(10-16-42)37-32(45)39-30(43)23-7-3-1-4-8-23/h1,3-4,7-8,19-20,24-25,28H,2,5-6,9-18,21,36H2,(H,38,46)(H2,37,39,43,45)/t28-/m1/s1. The van der Waals surface area contributed by atoms with Crippen molar-refractivity contribution >= 4 is 61.4 Å². The number of carbonyl (C=O) groups excluding carboxylic acids is 4. The molecule has 0 aliphatic carbocycles. The Morgan fingerprint density at radius 3 is 2.07 bits per heavy atom. The summed E-state index contributed by atoms with van der Waals surface area (Å²) in [4.78, 5) is 58.4. The maximum absolute atomic E-state index is 14.0. The highest BCUT2D eigenvalue weighted by atomic mass is 79.9. The maximum Gasteiger partial charge on any atom is 0.321 e. The van der Waals surface area contributed by atoms with Crippen molar-refractivity contribution in [2.75, 3.05) is 45.0 Å². The van der Waals surface area contributed by atoms with E-state index in [1.807, 2.05) is 17.0 Å². The van der Waals surface area contributed by atoms with Gasteiger partial charge in [0, 0.05) is 59.2 Å². The molecule has 2 aromatic carbocycles. The number of carbonyl (C=O) groups is 4. The van der Waals surface area contributed by atoms with Gasteiger partial charge in [-0.25, -0.2) is 9.59 Å². The molecule has 0 unspecified atom stereocenters. The van der Waals surface area contributed by atoms with Crippen LogP contribution in [0.4, 0.5) is 15.3 Å². The van der Waals surface area contributed by atoms with E-state index in [0.717, 1.165) is 40.4 Å². The number of hydrogen-bond donors (Lipinski definition) is 4. The number of urea groups is 2. The Morgan fingerprint density at radius 1 is 0.826 bits per heavy atom. The summed E-state index contributed by atoms with van der Waals surface area (Å²) < 4.78 is 1.45. The summed E-state index contributed by atoms with van der Waals surface area (Å²) in [5, 5.41) is 8.24. The van der Waals surface area contributed by atoms with Crippen LogP contribution in [0.2, 0.25) is 0 Å². The van der Waals surface area contributed by atoms with Crippen LogP contribution >= 0.6 is 31.9 Å². The molecule has 3 heterocycles. The van der Waals surface area contributed by atoms with Crippen LogP contribution in [0.25, 0.3) is 0 Å². The zero-order chi connectivity index (χ0) is 32.6. The van der Waals surface area contributed by atoms with Crippen LogP contribution in [0.1, 0.15) is 60.9 Å². The molecule has 6 amide bonds. The third kappa shape index (κ3) is 9.01. The van der Waals surface area contributed by atoms with E-state index in [1.165, 1.54) is 19.3 Å². The summed E-state index contributed by atoms with van der Waals surface area (Å²) in [5.41, 5.74) is 7.95. The van der Waals surface area contributed by atoms with Gasteiger partial charge in [0.2, 0.25) is 5.91 Å². The van der Waals surface area contributed by atoms with E-state index in [-0.39, 0.29) is 18.0 Å². The largest absolute Gasteiger partial charge is 0.397 e. The lowest BCUT2D eigenvalue weighted by molar-refractivity contribution is -0.134. The highest BCUT2D eigenvalue weighted by Gasteiger charge is 2.33. The Bertz CT molecular complexity index is 1370. The minimum absolute atomic E-state index is 0.0779. The van der Waals surface area contributed by atoms with Crippen molar-refractivity contribution in [3.63, 3.8) is 0 Å². The predicted octanol–water partition coefficient (Wildman–Crippen LogP) is 4.50. The fourth-order valence-corrected chi connectivity index (χ4v) is 7.88. The Hall–Kier alpha value is -3.16. The van der Waals surface area contributed by atoms with E-state index in [2.05, 4.69) is 52.7 Å². The number of nitrogen functional groups attached to an aromatic ring is 1. The number of halogens is 2. The first kappa shape index (κ1) is 34.2. The molecule has 0 aromatic heterocycles. The molecule has 0 spiro atoms. The molecule has 3 aliphatic rings. The number of nitrogens with two attached hydrogens (primary N) is 1. The average Bonchev–Trinajstić information content (AvgIpc) is 3.07. The number of piperidine rings is 3. The zero-order valence-electron chi connectivity index (χ0n) is 26.0. The van der Waals surface area contributed by atoms with Crippen LogP contribution in [0.3, 0.4) is 0 Å². The van der Waals surface area contributed by atoms with Gasteiger partial charge in [-0.1, -0.05) is 24.6 Å². The fourth-order valence-electron chi connectivity index (χ4n) is 6.60. The molecule has 0 bridgehead atoms. The second-order valence-electron chi connectivity index (χ2n) is 12.4. The zero-order valence-corrected chi connectivity index (χ0v) is 29.2. The van der Waals surface area contributed by atoms with Gasteiger partial charge in [0.1, 0.15) is 6.04 Å². The van der Waals surface area contributed by atoms with E-state index in [4.69, 9.17) is 5.73 Å². The summed E-state index contributed by atoms with van der Waals surface area (Å²) >= 11 is 7.00. The predicted molar refractivity (Wildman–Crippen MR) is 184 cm³/mol. The number of nitrogens with one attached hydrogen (secondary N) is 3. The third-order valence-corrected chi connectivity index (χ3v) is 10.6. The number of anilines is 1. The Balaban J connectivity index is 1.17. The molecule has 5 N–H and O–H groups in total. The van der Waals surface area contributed by atoms with E-state index in [9.17, 15) is 19.2 Å². The van der Waals surface area contributed by atoms with Gasteiger partial charge in [-0.15, -0.1) is 0 Å². The Morgan fingerprint density at radius 2 is 1.43 bits per heavy atom. The molecule has 3 aliphatic heterocycles. The molecule has 5 rings (SSSR count). The topological polar surface area (TPSA) is 140 Å². The summed E-state index contributed by atoms with van der Waals surface area (Å²) in [6.07, 6.45) is 7.05. The Labute approximate surface area is 287 Å². The van der Waals surface area contributed by atoms with Gasteiger partial charge in [-0.2, -0.15) is 0 Å². The molecule has 1 atom stereocenters. The molecular weight excluding hydrogens is 718 g/mol. The second kappa shape index (κ2) is 16.1. The number of rotatable bonds is 7. The molecule has 3 saturated heterocycles. The van der Waals surface area contributed by atoms with Crippen molar-refractivity contribution in [3.8, 4) is 0 Å². The highest BCUT2D eigenvalue weighted by Crippen LogP contribution is 2.30. The number of nitrogens with zero attached hydrogens (tertiary/aromatic N) is 3. The van der Waals surface area contributed by atoms with Gasteiger partial charge in [-0.3, -0.25) is 14.9 Å². The van der Waals surface area contributed by atoms with Gasteiger partial charge in [-0.05, 0) is 113 Å². The van der Waals surface area contributed by atoms with Crippen molar-refractivity contribution in [1.29, 1.82) is 0 Å². The minimum Gasteiger partial charge on any atom is -0.397 e. The van der Waals surface area contributed by atoms with Crippen LogP contribution < -0.4 is 21.7 Å². The first-order chi connectivity index (χ1) is 22.2. The molecule has 13 heteroatoms. The average molecular weight is 762 g/mol. The monoisotopic (exact) mass is 759 g/mol. The lowest BCUT2D eigenvalue weighted by Gasteiger charge is -2.41. The minimum atomic E-state index is -0.743. The van der Waals surface area contributed by atoms with Crippen LogP contribution in [0.15, 0.2) is 51.4 Å². The SMILES string of the molecule is Nc1c(Br)cc(C[C@@H](NC(=O)N2CCC(NC(=O)NC(=O)c3ccccc3)CC2)C(=O)N2CCC(N3CCCCC3)CC2)cc1Br. The van der Waals surface area contributed by atoms with Crippen LogP contribution in [0.5, 0.6) is 0 Å². The van der Waals surface area contributed by atoms with Gasteiger partial charge >= 0.3 is 12.1 Å². The molecule has 11 nitrogen and oxygen atoms in total. The number of hydrogen-bond acceptors (Lipinski definition) is 6. The van der Waals surface area contributed by atoms with E-state index in [0.29, 0.717) is 62.7 Å². The van der Waals surface area contributed by atoms with E-state index >= 15 is 0 Å². The van der Waals surface area contributed by atoms with Crippen molar-refractivity contribution in [2.45, 2.75) is 69.5 Å². The van der Waals surface area contributed by atoms with Gasteiger partial charge in [0.15, 0.2) is 0 Å². The fraction of sp³-hybridized carbons (Fsp3) is 0.515. The lowest BCUT2D eigenvalue weighted by Crippen LogP contribution is -2.57. The molecule has 46 heavy (non-hydrogen) atoms. The van der Waals surface area contributed by atoms with Crippen molar-refractivity contribution in [2.24, 2.45) is 0 Å². The highest BCUT2D eigenvalue weighted by molar-refractivity contribution is 9.11. The van der Waals surface area contributed by atoms with Gasteiger partial charge in [0.25, 0.3) is 5.91 Å². The van der Waals surface area contributed by atoms with E-state index < -0.39 is 18.0 Å². The van der Waals surface area contributed by atoms with Crippen LogP contribution in [-0.4, -0.2) is 96.0 Å². The summed E-state index contributed by atoms with van der Waals surface area (Å²) in [7, 11) is 0. The van der Waals surface area contributed by atoms with Crippen molar-refractivity contribution < 1.29 is 19.2 Å². The number of likely N-dealkylation sites (tertiary alicyclic amines) is 3. The van der Waals surface area contributed by atoms with Crippen molar-refractivity contribution in [3.05, 3.63) is 62.5 Å². The molecule has 248 valence electrons. The molecule has 2 aromatic rings. The Kier molecular flexibility index (Phi) is 12.0. The quantitative estimate of drug-likeness (QED) is 0.307. The first-order valence-corrected chi connectivity index (χ1v) is 17.7. The first-order valence-electron chi connectivity index (χ1n) is 16.2. The van der Waals surface area contributed by atoms with Crippen LogP contribution in [-0.2, 0) is 11.2 Å². The third-order valence-electron chi connectivity index (χ3n) is 9.24. The van der Waals surface area contributed by atoms with Gasteiger partial charge < -0.3 is 31.1 Å². The molecule has 3 fully saturated rings. The molecular formula is C33H43Br2N7O4. The van der Waals surface area contributed by atoms with Crippen molar-refractivity contribution in [1.82, 2.24) is 30.7 Å². The van der Waals surface area contributed by atoms with E-state index in [1.54, 1.807) is 35.2 Å². The smallest absolute Gasteiger partial charge is 0.321 e. The number of amides is 6.